The van der Waals surface area contributed by atoms with Gasteiger partial charge in [0.2, 0.25) is 10.0 Å². The first-order valence-corrected chi connectivity index (χ1v) is 7.76. The Labute approximate surface area is 117 Å². The summed E-state index contributed by atoms with van der Waals surface area (Å²) in [5.74, 6) is 0.354. The monoisotopic (exact) mass is 297 g/mol. The lowest BCUT2D eigenvalue weighted by Crippen LogP contribution is -2.32. The summed E-state index contributed by atoms with van der Waals surface area (Å²) in [6, 6.07) is 8.15. The molecule has 6 heteroatoms. The molecule has 2 aromatic rings. The summed E-state index contributed by atoms with van der Waals surface area (Å²) in [6.45, 7) is 1.78. The van der Waals surface area contributed by atoms with Crippen LogP contribution in [0.5, 0.6) is 0 Å². The zero-order valence-electron chi connectivity index (χ0n) is 11.0. The summed E-state index contributed by atoms with van der Waals surface area (Å²) < 4.78 is 44.7. The molecule has 1 N–H and O–H groups in total. The molecule has 0 aliphatic heterocycles. The minimum atomic E-state index is -3.61. The molecule has 1 aromatic heterocycles. The Morgan fingerprint density at radius 3 is 2.55 bits per heavy atom. The van der Waals surface area contributed by atoms with Crippen molar-refractivity contribution in [2.24, 2.45) is 0 Å². The first-order chi connectivity index (χ1) is 9.47. The molecule has 0 bridgehead atoms. The molecule has 0 amide bonds. The third-order valence-electron chi connectivity index (χ3n) is 2.88. The van der Waals surface area contributed by atoms with E-state index in [0.29, 0.717) is 12.8 Å². The smallest absolute Gasteiger partial charge is 0.240 e. The van der Waals surface area contributed by atoms with E-state index in [1.165, 1.54) is 12.1 Å². The topological polar surface area (TPSA) is 59.3 Å². The molecule has 0 radical (unpaired) electrons. The van der Waals surface area contributed by atoms with Crippen LogP contribution >= 0.6 is 0 Å². The Morgan fingerprint density at radius 1 is 1.25 bits per heavy atom. The fraction of sp³-hybridized carbons (Fsp3) is 0.286. The second-order valence-electron chi connectivity index (χ2n) is 4.59. The summed E-state index contributed by atoms with van der Waals surface area (Å²) >= 11 is 0. The van der Waals surface area contributed by atoms with Crippen LogP contribution in [-0.4, -0.2) is 14.5 Å². The van der Waals surface area contributed by atoms with Gasteiger partial charge < -0.3 is 4.42 Å². The van der Waals surface area contributed by atoms with Crippen molar-refractivity contribution in [3.63, 3.8) is 0 Å². The summed E-state index contributed by atoms with van der Waals surface area (Å²) in [4.78, 5) is 0.0590. The Bertz CT molecular complexity index is 636. The van der Waals surface area contributed by atoms with Gasteiger partial charge in [-0.05, 0) is 49.7 Å². The number of halogens is 1. The molecule has 1 aromatic carbocycles. The molecule has 0 fully saturated rings. The molecule has 4 nitrogen and oxygen atoms in total. The Balaban J connectivity index is 1.95. The number of hydrogen-bond acceptors (Lipinski definition) is 3. The first-order valence-electron chi connectivity index (χ1n) is 6.27. The summed E-state index contributed by atoms with van der Waals surface area (Å²) in [7, 11) is -3.61. The highest BCUT2D eigenvalue weighted by Crippen LogP contribution is 2.12. The predicted molar refractivity (Wildman–Crippen MR) is 73.2 cm³/mol. The van der Waals surface area contributed by atoms with Crippen LogP contribution in [0.15, 0.2) is 52.0 Å². The largest absolute Gasteiger partial charge is 0.469 e. The van der Waals surface area contributed by atoms with Crippen LogP contribution in [0.4, 0.5) is 4.39 Å². The number of nitrogens with one attached hydrogen (secondary N) is 1. The van der Waals surface area contributed by atoms with Gasteiger partial charge in [-0.1, -0.05) is 0 Å². The van der Waals surface area contributed by atoms with Gasteiger partial charge in [0.1, 0.15) is 11.6 Å². The lowest BCUT2D eigenvalue weighted by atomic mass is 10.2. The van der Waals surface area contributed by atoms with E-state index in [1.54, 1.807) is 19.3 Å². The number of furan rings is 1. The molecule has 1 unspecified atom stereocenters. The zero-order valence-corrected chi connectivity index (χ0v) is 11.9. The van der Waals surface area contributed by atoms with Crippen molar-refractivity contribution in [2.45, 2.75) is 30.7 Å². The van der Waals surface area contributed by atoms with Crippen molar-refractivity contribution in [1.29, 1.82) is 0 Å². The number of sulfonamides is 1. The molecule has 108 valence electrons. The van der Waals surface area contributed by atoms with E-state index in [0.717, 1.165) is 17.9 Å². The molecule has 20 heavy (non-hydrogen) atoms. The molecule has 1 atom stereocenters. The van der Waals surface area contributed by atoms with Crippen molar-refractivity contribution >= 4 is 10.0 Å². The number of hydrogen-bond donors (Lipinski definition) is 1. The predicted octanol–water partition coefficient (Wildman–Crippen LogP) is 2.72. The standard InChI is InChI=1S/C14H16FNO3S/c1-11(4-7-13-3-2-10-19-13)16-20(17,18)14-8-5-12(15)6-9-14/h2-3,5-6,8-11,16H,4,7H2,1H3. The molecular formula is C14H16FNO3S. The molecule has 0 spiro atoms. The first kappa shape index (κ1) is 14.7. The van der Waals surface area contributed by atoms with Crippen molar-refractivity contribution < 1.29 is 17.2 Å². The fourth-order valence-electron chi connectivity index (χ4n) is 1.82. The SMILES string of the molecule is CC(CCc1ccco1)NS(=O)(=O)c1ccc(F)cc1. The molecule has 1 heterocycles. The zero-order chi connectivity index (χ0) is 14.6. The van der Waals surface area contributed by atoms with Crippen molar-refractivity contribution in [2.75, 3.05) is 0 Å². The second kappa shape index (κ2) is 6.19. The van der Waals surface area contributed by atoms with E-state index in [9.17, 15) is 12.8 Å². The van der Waals surface area contributed by atoms with Crippen LogP contribution in [0.25, 0.3) is 0 Å². The number of rotatable bonds is 6. The second-order valence-corrected chi connectivity index (χ2v) is 6.31. The van der Waals surface area contributed by atoms with Crippen LogP contribution in [0.1, 0.15) is 19.1 Å². The van der Waals surface area contributed by atoms with Gasteiger partial charge >= 0.3 is 0 Å². The molecule has 0 saturated heterocycles. The van der Waals surface area contributed by atoms with Gasteiger partial charge in [0.15, 0.2) is 0 Å². The van der Waals surface area contributed by atoms with Crippen LogP contribution in [0, 0.1) is 5.82 Å². The molecule has 0 aliphatic rings. The van der Waals surface area contributed by atoms with Gasteiger partial charge in [-0.2, -0.15) is 0 Å². The Morgan fingerprint density at radius 2 is 1.95 bits per heavy atom. The van der Waals surface area contributed by atoms with Crippen LogP contribution in [0.3, 0.4) is 0 Å². The van der Waals surface area contributed by atoms with Gasteiger partial charge in [-0.25, -0.2) is 17.5 Å². The normalized spacial score (nSPS) is 13.3. The average Bonchev–Trinajstić information content (AvgIpc) is 2.89. The van der Waals surface area contributed by atoms with Crippen molar-refractivity contribution in [3.05, 3.63) is 54.2 Å². The van der Waals surface area contributed by atoms with Crippen molar-refractivity contribution in [1.82, 2.24) is 4.72 Å². The van der Waals surface area contributed by atoms with E-state index in [4.69, 9.17) is 4.42 Å². The van der Waals surface area contributed by atoms with E-state index >= 15 is 0 Å². The van der Waals surface area contributed by atoms with Crippen LogP contribution in [-0.2, 0) is 16.4 Å². The maximum atomic E-state index is 12.8. The molecule has 0 saturated carbocycles. The van der Waals surface area contributed by atoms with Gasteiger partial charge in [0.25, 0.3) is 0 Å². The van der Waals surface area contributed by atoms with Gasteiger partial charge in [0.05, 0.1) is 11.2 Å². The molecular weight excluding hydrogens is 281 g/mol. The van der Waals surface area contributed by atoms with Crippen LogP contribution < -0.4 is 4.72 Å². The summed E-state index contributed by atoms with van der Waals surface area (Å²) in [6.07, 6.45) is 2.86. The summed E-state index contributed by atoms with van der Waals surface area (Å²) in [5, 5.41) is 0. The average molecular weight is 297 g/mol. The Hall–Kier alpha value is -1.66. The van der Waals surface area contributed by atoms with E-state index in [2.05, 4.69) is 4.72 Å². The highest BCUT2D eigenvalue weighted by molar-refractivity contribution is 7.89. The van der Waals surface area contributed by atoms with Gasteiger partial charge in [-0.3, -0.25) is 0 Å². The minimum absolute atomic E-state index is 0.0590. The van der Waals surface area contributed by atoms with Gasteiger partial charge in [0, 0.05) is 12.5 Å². The quantitative estimate of drug-likeness (QED) is 0.892. The Kier molecular flexibility index (Phi) is 4.57. The number of benzene rings is 1. The third-order valence-corrected chi connectivity index (χ3v) is 4.49. The maximum absolute atomic E-state index is 12.8. The third kappa shape index (κ3) is 3.91. The number of aryl methyl sites for hydroxylation is 1. The lowest BCUT2D eigenvalue weighted by molar-refractivity contribution is 0.480. The highest BCUT2D eigenvalue weighted by atomic mass is 32.2. The van der Waals surface area contributed by atoms with Crippen molar-refractivity contribution in [3.8, 4) is 0 Å². The maximum Gasteiger partial charge on any atom is 0.240 e. The van der Waals surface area contributed by atoms with E-state index in [-0.39, 0.29) is 10.9 Å². The minimum Gasteiger partial charge on any atom is -0.469 e. The van der Waals surface area contributed by atoms with E-state index < -0.39 is 15.8 Å². The van der Waals surface area contributed by atoms with Gasteiger partial charge in [-0.15, -0.1) is 0 Å². The summed E-state index contributed by atoms with van der Waals surface area (Å²) in [5.41, 5.74) is 0. The fourth-order valence-corrected chi connectivity index (χ4v) is 3.10. The lowest BCUT2D eigenvalue weighted by Gasteiger charge is -2.13. The molecule has 2 rings (SSSR count). The van der Waals surface area contributed by atoms with Crippen LogP contribution in [0.2, 0.25) is 0 Å². The highest BCUT2D eigenvalue weighted by Gasteiger charge is 2.17. The van der Waals surface area contributed by atoms with E-state index in [1.807, 2.05) is 6.07 Å². The molecule has 0 aliphatic carbocycles.